The highest BCUT2D eigenvalue weighted by Crippen LogP contribution is 2.13. The van der Waals surface area contributed by atoms with Crippen LogP contribution in [0.1, 0.15) is 5.56 Å². The van der Waals surface area contributed by atoms with Crippen LogP contribution in [-0.2, 0) is 6.54 Å². The lowest BCUT2D eigenvalue weighted by Gasteiger charge is -2.07. The molecule has 22 heavy (non-hydrogen) atoms. The van der Waals surface area contributed by atoms with Crippen LogP contribution in [-0.4, -0.2) is 15.9 Å². The van der Waals surface area contributed by atoms with Crippen molar-refractivity contribution in [1.82, 2.24) is 9.78 Å². The fourth-order valence-corrected chi connectivity index (χ4v) is 2.01. The zero-order valence-corrected chi connectivity index (χ0v) is 11.8. The van der Waals surface area contributed by atoms with Gasteiger partial charge in [-0.25, -0.2) is 4.79 Å². The number of nitrogens with one attached hydrogen (secondary N) is 1. The Bertz CT molecular complexity index is 722. The van der Waals surface area contributed by atoms with Crippen LogP contribution >= 0.6 is 0 Å². The SMILES string of the molecule is O=C(Nc1ccc(Cn2cccn2)cc1)Oc1ccccc1. The first-order valence-electron chi connectivity index (χ1n) is 6.90. The van der Waals surface area contributed by atoms with E-state index < -0.39 is 6.09 Å². The van der Waals surface area contributed by atoms with E-state index in [9.17, 15) is 4.79 Å². The van der Waals surface area contributed by atoms with Crippen molar-refractivity contribution in [2.24, 2.45) is 0 Å². The molecule has 0 spiro atoms. The van der Waals surface area contributed by atoms with Crippen molar-refractivity contribution in [3.63, 3.8) is 0 Å². The van der Waals surface area contributed by atoms with Crippen molar-refractivity contribution in [2.75, 3.05) is 5.32 Å². The zero-order valence-electron chi connectivity index (χ0n) is 11.8. The molecule has 0 aliphatic heterocycles. The van der Waals surface area contributed by atoms with Gasteiger partial charge in [0.05, 0.1) is 6.54 Å². The average Bonchev–Trinajstić information content (AvgIpc) is 3.03. The normalized spacial score (nSPS) is 10.2. The minimum atomic E-state index is -0.508. The molecule has 0 aliphatic carbocycles. The molecule has 1 N–H and O–H groups in total. The number of aromatic nitrogens is 2. The highest BCUT2D eigenvalue weighted by atomic mass is 16.6. The van der Waals surface area contributed by atoms with Crippen molar-refractivity contribution >= 4 is 11.8 Å². The predicted octanol–water partition coefficient (Wildman–Crippen LogP) is 3.54. The Hall–Kier alpha value is -3.08. The maximum Gasteiger partial charge on any atom is 0.417 e. The molecule has 1 aromatic heterocycles. The molecule has 0 radical (unpaired) electrons. The molecule has 2 aromatic carbocycles. The van der Waals surface area contributed by atoms with Gasteiger partial charge in [-0.3, -0.25) is 10.00 Å². The van der Waals surface area contributed by atoms with E-state index in [2.05, 4.69) is 10.4 Å². The van der Waals surface area contributed by atoms with Gasteiger partial charge in [-0.15, -0.1) is 0 Å². The lowest BCUT2D eigenvalue weighted by molar-refractivity contribution is 0.215. The van der Waals surface area contributed by atoms with Gasteiger partial charge < -0.3 is 4.74 Å². The van der Waals surface area contributed by atoms with Crippen LogP contribution in [0.15, 0.2) is 73.1 Å². The third-order valence-electron chi connectivity index (χ3n) is 3.06. The number of hydrogen-bond acceptors (Lipinski definition) is 3. The van der Waals surface area contributed by atoms with Crippen molar-refractivity contribution < 1.29 is 9.53 Å². The monoisotopic (exact) mass is 293 g/mol. The van der Waals surface area contributed by atoms with E-state index in [-0.39, 0.29) is 0 Å². The molecule has 0 fully saturated rings. The Kier molecular flexibility index (Phi) is 4.15. The molecular formula is C17H15N3O2. The van der Waals surface area contributed by atoms with Gasteiger partial charge in [0.2, 0.25) is 0 Å². The van der Waals surface area contributed by atoms with Gasteiger partial charge in [-0.05, 0) is 35.9 Å². The number of nitrogens with zero attached hydrogens (tertiary/aromatic N) is 2. The van der Waals surface area contributed by atoms with Gasteiger partial charge in [-0.2, -0.15) is 5.10 Å². The summed E-state index contributed by atoms with van der Waals surface area (Å²) in [4.78, 5) is 11.8. The standard InChI is InChI=1S/C17H15N3O2/c21-17(22-16-5-2-1-3-6-16)19-15-9-7-14(8-10-15)13-20-12-4-11-18-20/h1-12H,13H2,(H,19,21). The lowest BCUT2D eigenvalue weighted by atomic mass is 10.2. The summed E-state index contributed by atoms with van der Waals surface area (Å²) < 4.78 is 7.01. The first-order chi connectivity index (χ1) is 10.8. The van der Waals surface area contributed by atoms with Crippen LogP contribution in [0.2, 0.25) is 0 Å². The molecule has 5 nitrogen and oxygen atoms in total. The maximum absolute atomic E-state index is 11.8. The minimum absolute atomic E-state index is 0.508. The Morgan fingerprint density at radius 2 is 1.82 bits per heavy atom. The van der Waals surface area contributed by atoms with E-state index in [0.29, 0.717) is 18.0 Å². The largest absolute Gasteiger partial charge is 0.417 e. The number of rotatable bonds is 4. The molecule has 1 amide bonds. The van der Waals surface area contributed by atoms with E-state index in [0.717, 1.165) is 5.56 Å². The molecule has 0 bridgehead atoms. The second kappa shape index (κ2) is 6.58. The minimum Gasteiger partial charge on any atom is -0.410 e. The Labute approximate surface area is 128 Å². The van der Waals surface area contributed by atoms with Crippen LogP contribution in [0.25, 0.3) is 0 Å². The molecule has 110 valence electrons. The first-order valence-corrected chi connectivity index (χ1v) is 6.90. The zero-order chi connectivity index (χ0) is 15.2. The van der Waals surface area contributed by atoms with E-state index in [1.807, 2.05) is 59.4 Å². The van der Waals surface area contributed by atoms with Crippen LogP contribution < -0.4 is 10.1 Å². The van der Waals surface area contributed by atoms with Gasteiger partial charge in [-0.1, -0.05) is 30.3 Å². The summed E-state index contributed by atoms with van der Waals surface area (Å²) in [6.45, 7) is 0.696. The molecule has 0 unspecified atom stereocenters. The van der Waals surface area contributed by atoms with Gasteiger partial charge in [0.1, 0.15) is 5.75 Å². The van der Waals surface area contributed by atoms with Crippen molar-refractivity contribution in [3.8, 4) is 5.75 Å². The van der Waals surface area contributed by atoms with Gasteiger partial charge in [0.15, 0.2) is 0 Å². The molecule has 3 aromatic rings. The van der Waals surface area contributed by atoms with E-state index in [1.165, 1.54) is 0 Å². The van der Waals surface area contributed by atoms with Gasteiger partial charge in [0, 0.05) is 18.1 Å². The highest BCUT2D eigenvalue weighted by Gasteiger charge is 2.04. The summed E-state index contributed by atoms with van der Waals surface area (Å²) in [5.74, 6) is 0.510. The molecule has 0 saturated heterocycles. The van der Waals surface area contributed by atoms with Gasteiger partial charge >= 0.3 is 6.09 Å². The second-order valence-electron chi connectivity index (χ2n) is 4.73. The molecule has 0 atom stereocenters. The first kappa shape index (κ1) is 13.9. The number of ether oxygens (including phenoxy) is 1. The number of hydrogen-bond donors (Lipinski definition) is 1. The summed E-state index contributed by atoms with van der Waals surface area (Å²) in [6, 6.07) is 18.4. The summed E-state index contributed by atoms with van der Waals surface area (Å²) >= 11 is 0. The molecule has 3 rings (SSSR count). The number of para-hydroxylation sites is 1. The Balaban J connectivity index is 1.57. The fraction of sp³-hybridized carbons (Fsp3) is 0.0588. The van der Waals surface area contributed by atoms with Crippen LogP contribution in [0, 0.1) is 0 Å². The number of anilines is 1. The molecular weight excluding hydrogens is 278 g/mol. The second-order valence-corrected chi connectivity index (χ2v) is 4.73. The van der Waals surface area contributed by atoms with Crippen molar-refractivity contribution in [2.45, 2.75) is 6.54 Å². The summed E-state index contributed by atoms with van der Waals surface area (Å²) in [5.41, 5.74) is 1.79. The highest BCUT2D eigenvalue weighted by molar-refractivity contribution is 5.86. The predicted molar refractivity (Wildman–Crippen MR) is 83.9 cm³/mol. The topological polar surface area (TPSA) is 56.2 Å². The van der Waals surface area contributed by atoms with E-state index in [1.54, 1.807) is 18.3 Å². The number of carbonyl (C=O) groups is 1. The summed E-state index contributed by atoms with van der Waals surface area (Å²) in [5, 5.41) is 6.85. The third-order valence-corrected chi connectivity index (χ3v) is 3.06. The molecule has 5 heteroatoms. The molecule has 0 saturated carbocycles. The number of amides is 1. The van der Waals surface area contributed by atoms with Crippen molar-refractivity contribution in [3.05, 3.63) is 78.6 Å². The van der Waals surface area contributed by atoms with E-state index in [4.69, 9.17) is 4.74 Å². The molecule has 0 aliphatic rings. The van der Waals surface area contributed by atoms with Gasteiger partial charge in [0.25, 0.3) is 0 Å². The third kappa shape index (κ3) is 3.73. The number of carbonyl (C=O) groups excluding carboxylic acids is 1. The lowest BCUT2D eigenvalue weighted by Crippen LogP contribution is -2.16. The van der Waals surface area contributed by atoms with Crippen LogP contribution in [0.3, 0.4) is 0 Å². The van der Waals surface area contributed by atoms with Crippen LogP contribution in [0.5, 0.6) is 5.75 Å². The quantitative estimate of drug-likeness (QED) is 0.800. The summed E-state index contributed by atoms with van der Waals surface area (Å²) in [7, 11) is 0. The summed E-state index contributed by atoms with van der Waals surface area (Å²) in [6.07, 6.45) is 3.14. The number of benzene rings is 2. The van der Waals surface area contributed by atoms with Crippen LogP contribution in [0.4, 0.5) is 10.5 Å². The Morgan fingerprint density at radius 3 is 2.50 bits per heavy atom. The smallest absolute Gasteiger partial charge is 0.410 e. The maximum atomic E-state index is 11.8. The van der Waals surface area contributed by atoms with E-state index >= 15 is 0 Å². The average molecular weight is 293 g/mol. The fourth-order valence-electron chi connectivity index (χ4n) is 2.01. The Morgan fingerprint density at radius 1 is 1.05 bits per heavy atom. The van der Waals surface area contributed by atoms with Crippen molar-refractivity contribution in [1.29, 1.82) is 0 Å². The molecule has 1 heterocycles.